The van der Waals surface area contributed by atoms with E-state index in [0.717, 1.165) is 0 Å². The Kier molecular flexibility index (Phi) is 11.0. The quantitative estimate of drug-likeness (QED) is 0.142. The molecule has 0 aliphatic carbocycles. The van der Waals surface area contributed by atoms with E-state index in [1.807, 2.05) is 0 Å². The molecule has 14 heteroatoms. The lowest BCUT2D eigenvalue weighted by Crippen LogP contribution is -2.66. The Morgan fingerprint density at radius 2 is 1.08 bits per heavy atom. The molecular weight excluding hydrogens is 500 g/mol. The zero-order chi connectivity index (χ0) is 27.6. The van der Waals surface area contributed by atoms with Gasteiger partial charge in [0, 0.05) is 5.92 Å². The molecule has 3 fully saturated rings. The Morgan fingerprint density at radius 3 is 1.57 bits per heavy atom. The van der Waals surface area contributed by atoms with Gasteiger partial charge in [0.05, 0.1) is 31.5 Å². The van der Waals surface area contributed by atoms with E-state index in [0.29, 0.717) is 6.42 Å². The molecule has 3 heterocycles. The zero-order valence-corrected chi connectivity index (χ0v) is 21.4. The van der Waals surface area contributed by atoms with Crippen molar-refractivity contribution in [1.82, 2.24) is 0 Å². The lowest BCUT2D eigenvalue weighted by Gasteiger charge is -2.48. The largest absolute Gasteiger partial charge is 0.394 e. The lowest BCUT2D eigenvalue weighted by molar-refractivity contribution is -0.377. The van der Waals surface area contributed by atoms with Crippen LogP contribution in [0.25, 0.3) is 0 Å². The normalized spacial score (nSPS) is 49.4. The topological polar surface area (TPSA) is 217 Å². The van der Waals surface area contributed by atoms with Gasteiger partial charge in [-0.25, -0.2) is 0 Å². The van der Waals surface area contributed by atoms with Crippen molar-refractivity contribution < 1.29 is 69.3 Å². The van der Waals surface area contributed by atoms with Gasteiger partial charge < -0.3 is 69.3 Å². The summed E-state index contributed by atoms with van der Waals surface area (Å²) in [5.41, 5.74) is 0. The van der Waals surface area contributed by atoms with Crippen molar-refractivity contribution in [1.29, 1.82) is 0 Å². The Morgan fingerprint density at radius 1 is 0.622 bits per heavy atom. The molecule has 15 atom stereocenters. The predicted octanol–water partition coefficient (Wildman–Crippen LogP) is -3.45. The van der Waals surface area contributed by atoms with Gasteiger partial charge in [-0.1, -0.05) is 13.8 Å². The third-order valence-electron chi connectivity index (χ3n) is 7.04. The molecule has 3 saturated heterocycles. The van der Waals surface area contributed by atoms with Gasteiger partial charge in [-0.2, -0.15) is 0 Å². The fourth-order valence-corrected chi connectivity index (χ4v) is 4.81. The van der Waals surface area contributed by atoms with Crippen LogP contribution in [0.2, 0.25) is 0 Å². The van der Waals surface area contributed by atoms with Crippen molar-refractivity contribution in [2.75, 3.05) is 13.2 Å². The van der Waals surface area contributed by atoms with Gasteiger partial charge >= 0.3 is 0 Å². The first-order valence-electron chi connectivity index (χ1n) is 12.7. The highest BCUT2D eigenvalue weighted by Gasteiger charge is 2.53. The van der Waals surface area contributed by atoms with E-state index < -0.39 is 105 Å². The van der Waals surface area contributed by atoms with Crippen LogP contribution in [0.1, 0.15) is 34.1 Å². The fraction of sp³-hybridized carbons (Fsp3) is 1.00. The summed E-state index contributed by atoms with van der Waals surface area (Å²) in [5.74, 6) is -0.710. The molecular formula is C23H42O14. The van der Waals surface area contributed by atoms with Gasteiger partial charge in [0.1, 0.15) is 54.9 Å². The van der Waals surface area contributed by atoms with Crippen molar-refractivity contribution >= 4 is 0 Å². The highest BCUT2D eigenvalue weighted by molar-refractivity contribution is 4.96. The maximum atomic E-state index is 10.9. The standard InChI is InChI=1S/C23H42O14/c1-5-10-14(27)13(26)9(4)21(33-10)36-19-11(6-24)35-23(18(31)16(19)29)37-20-12(7-25)34-22(32-8(2)3)17(30)15(20)28/h8-31H,5-7H2,1-4H3/t9-,10-,11-,12-,13-,14+,15-,16-,17-,18-,19-,20-,21+,22-,23+/m1/s1. The van der Waals surface area contributed by atoms with E-state index in [1.165, 1.54) is 0 Å². The van der Waals surface area contributed by atoms with Gasteiger partial charge in [-0.05, 0) is 20.3 Å². The van der Waals surface area contributed by atoms with Gasteiger partial charge in [0.15, 0.2) is 18.9 Å². The summed E-state index contributed by atoms with van der Waals surface area (Å²) in [7, 11) is 0. The number of ether oxygens (including phenoxy) is 6. The maximum absolute atomic E-state index is 10.9. The average molecular weight is 543 g/mol. The van der Waals surface area contributed by atoms with Crippen molar-refractivity contribution in [3.05, 3.63) is 0 Å². The highest BCUT2D eigenvalue weighted by atomic mass is 16.8. The molecule has 0 aromatic heterocycles. The van der Waals surface area contributed by atoms with Crippen LogP contribution < -0.4 is 0 Å². The average Bonchev–Trinajstić information content (AvgIpc) is 2.87. The van der Waals surface area contributed by atoms with E-state index in [1.54, 1.807) is 27.7 Å². The van der Waals surface area contributed by atoms with E-state index in [4.69, 9.17) is 28.4 Å². The molecule has 0 amide bonds. The Hall–Kier alpha value is -0.560. The molecule has 3 aliphatic heterocycles. The second kappa shape index (κ2) is 13.2. The van der Waals surface area contributed by atoms with Crippen LogP contribution in [0.4, 0.5) is 0 Å². The molecule has 0 unspecified atom stereocenters. The molecule has 0 radical (unpaired) electrons. The van der Waals surface area contributed by atoms with Gasteiger partial charge in [-0.15, -0.1) is 0 Å². The first-order chi connectivity index (χ1) is 17.4. The Labute approximate surface area is 215 Å². The van der Waals surface area contributed by atoms with Crippen molar-refractivity contribution in [2.45, 2.75) is 126 Å². The monoisotopic (exact) mass is 542 g/mol. The SMILES string of the molecule is CC[C@H]1O[C@@H](O[C@H]2[C@H](O)[C@@H](O)[C@H](O[C@H]3[C@H](O)[C@@H](O)[C@H](OC(C)C)O[C@@H]3CO)O[C@@H]2CO)[C@H](C)[C@@H](O)[C@H]1O. The number of aliphatic hydroxyl groups excluding tert-OH is 8. The van der Waals surface area contributed by atoms with Gasteiger partial charge in [0.2, 0.25) is 0 Å². The number of rotatable bonds is 9. The van der Waals surface area contributed by atoms with Crippen LogP contribution in [0, 0.1) is 5.92 Å². The predicted molar refractivity (Wildman–Crippen MR) is 122 cm³/mol. The van der Waals surface area contributed by atoms with Crippen LogP contribution >= 0.6 is 0 Å². The molecule has 218 valence electrons. The summed E-state index contributed by atoms with van der Waals surface area (Å²) in [5, 5.41) is 82.9. The molecule has 0 bridgehead atoms. The third kappa shape index (κ3) is 6.61. The minimum absolute atomic E-state index is 0.350. The summed E-state index contributed by atoms with van der Waals surface area (Å²) in [4.78, 5) is 0. The Bertz CT molecular complexity index is 692. The molecule has 14 nitrogen and oxygen atoms in total. The number of hydrogen-bond acceptors (Lipinski definition) is 14. The van der Waals surface area contributed by atoms with Crippen LogP contribution in [0.3, 0.4) is 0 Å². The van der Waals surface area contributed by atoms with Gasteiger partial charge in [0.25, 0.3) is 0 Å². The van der Waals surface area contributed by atoms with Crippen LogP contribution in [-0.2, 0) is 28.4 Å². The fourth-order valence-electron chi connectivity index (χ4n) is 4.81. The smallest absolute Gasteiger partial charge is 0.187 e. The van der Waals surface area contributed by atoms with E-state index >= 15 is 0 Å². The molecule has 3 rings (SSSR count). The molecule has 0 saturated carbocycles. The van der Waals surface area contributed by atoms with Crippen LogP contribution in [-0.4, -0.2) is 146 Å². The minimum Gasteiger partial charge on any atom is -0.394 e. The van der Waals surface area contributed by atoms with Crippen molar-refractivity contribution in [2.24, 2.45) is 5.92 Å². The lowest BCUT2D eigenvalue weighted by atomic mass is 9.91. The second-order valence-corrected chi connectivity index (χ2v) is 10.1. The highest BCUT2D eigenvalue weighted by Crippen LogP contribution is 2.34. The molecule has 0 aromatic rings. The van der Waals surface area contributed by atoms with Crippen LogP contribution in [0.5, 0.6) is 0 Å². The zero-order valence-electron chi connectivity index (χ0n) is 21.4. The van der Waals surface area contributed by atoms with Crippen molar-refractivity contribution in [3.63, 3.8) is 0 Å². The molecule has 0 aromatic carbocycles. The molecule has 37 heavy (non-hydrogen) atoms. The molecule has 0 spiro atoms. The first kappa shape index (κ1) is 31.0. The van der Waals surface area contributed by atoms with Gasteiger partial charge in [-0.3, -0.25) is 0 Å². The van der Waals surface area contributed by atoms with Crippen LogP contribution in [0.15, 0.2) is 0 Å². The summed E-state index contributed by atoms with van der Waals surface area (Å²) >= 11 is 0. The van der Waals surface area contributed by atoms with Crippen molar-refractivity contribution in [3.8, 4) is 0 Å². The minimum atomic E-state index is -1.75. The molecule has 3 aliphatic rings. The summed E-state index contributed by atoms with van der Waals surface area (Å²) in [6.07, 6.45) is -18.7. The number of aliphatic hydroxyl groups is 8. The molecule has 8 N–H and O–H groups in total. The summed E-state index contributed by atoms with van der Waals surface area (Å²) in [6, 6.07) is 0. The van der Waals surface area contributed by atoms with E-state index in [2.05, 4.69) is 0 Å². The summed E-state index contributed by atoms with van der Waals surface area (Å²) < 4.78 is 33.8. The summed E-state index contributed by atoms with van der Waals surface area (Å²) in [6.45, 7) is 5.44. The third-order valence-corrected chi connectivity index (χ3v) is 7.04. The number of hydrogen-bond donors (Lipinski definition) is 8. The van der Waals surface area contributed by atoms with E-state index in [9.17, 15) is 40.9 Å². The van der Waals surface area contributed by atoms with E-state index in [-0.39, 0.29) is 6.10 Å². The maximum Gasteiger partial charge on any atom is 0.187 e. The first-order valence-corrected chi connectivity index (χ1v) is 12.7. The Balaban J connectivity index is 1.71. The second-order valence-electron chi connectivity index (χ2n) is 10.1.